The number of imidazole rings is 1. The lowest BCUT2D eigenvalue weighted by Gasteiger charge is -2.04. The van der Waals surface area contributed by atoms with E-state index < -0.39 is 0 Å². The first-order chi connectivity index (χ1) is 10.4. The molecule has 98 valence electrons. The number of hydrogen-bond acceptors (Lipinski definition) is 2. The fourth-order valence-electron chi connectivity index (χ4n) is 3.07. The molecule has 0 aliphatic heterocycles. The van der Waals surface area contributed by atoms with Gasteiger partial charge in [-0.15, -0.1) is 0 Å². The standard InChI is InChI=1S/C18H11N3/c1-4-8-16-12(5-1)9-10-17-20-15-11-19-14-7-3-2-6-13(14)18(15)21(16)17/h1-11H. The number of nitrogens with zero attached hydrogens (tertiary/aromatic N) is 3. The summed E-state index contributed by atoms with van der Waals surface area (Å²) in [6, 6.07) is 20.8. The molecule has 0 aliphatic rings. The Morgan fingerprint density at radius 2 is 1.62 bits per heavy atom. The van der Waals surface area contributed by atoms with Crippen molar-refractivity contribution in [3.63, 3.8) is 0 Å². The molecule has 0 saturated heterocycles. The molecule has 5 rings (SSSR count). The van der Waals surface area contributed by atoms with E-state index in [0.29, 0.717) is 0 Å². The van der Waals surface area contributed by atoms with Crippen molar-refractivity contribution >= 4 is 38.5 Å². The van der Waals surface area contributed by atoms with E-state index in [0.717, 1.165) is 27.6 Å². The van der Waals surface area contributed by atoms with Gasteiger partial charge < -0.3 is 0 Å². The van der Waals surface area contributed by atoms with E-state index in [1.807, 2.05) is 24.4 Å². The Morgan fingerprint density at radius 1 is 0.762 bits per heavy atom. The number of rotatable bonds is 0. The van der Waals surface area contributed by atoms with Gasteiger partial charge in [0.1, 0.15) is 11.2 Å². The highest BCUT2D eigenvalue weighted by Crippen LogP contribution is 2.27. The topological polar surface area (TPSA) is 30.2 Å². The Hall–Kier alpha value is -2.94. The van der Waals surface area contributed by atoms with Crippen molar-refractivity contribution in [2.45, 2.75) is 0 Å². The summed E-state index contributed by atoms with van der Waals surface area (Å²) >= 11 is 0. The second-order valence-corrected chi connectivity index (χ2v) is 5.21. The minimum atomic E-state index is 0.935. The number of aromatic nitrogens is 3. The van der Waals surface area contributed by atoms with Crippen LogP contribution in [0.4, 0.5) is 0 Å². The number of para-hydroxylation sites is 2. The Balaban J connectivity index is 2.18. The number of benzene rings is 2. The maximum Gasteiger partial charge on any atom is 0.138 e. The van der Waals surface area contributed by atoms with Crippen LogP contribution in [0.2, 0.25) is 0 Å². The Kier molecular flexibility index (Phi) is 1.95. The molecule has 0 spiro atoms. The van der Waals surface area contributed by atoms with Crippen LogP contribution in [-0.2, 0) is 0 Å². The van der Waals surface area contributed by atoms with E-state index in [-0.39, 0.29) is 0 Å². The molecule has 0 atom stereocenters. The van der Waals surface area contributed by atoms with E-state index in [4.69, 9.17) is 4.98 Å². The predicted molar refractivity (Wildman–Crippen MR) is 85.5 cm³/mol. The zero-order valence-corrected chi connectivity index (χ0v) is 11.2. The summed E-state index contributed by atoms with van der Waals surface area (Å²) in [6.45, 7) is 0. The van der Waals surface area contributed by atoms with Crippen molar-refractivity contribution in [2.24, 2.45) is 0 Å². The summed E-state index contributed by atoms with van der Waals surface area (Å²) < 4.78 is 2.23. The van der Waals surface area contributed by atoms with Crippen LogP contribution in [0.25, 0.3) is 38.5 Å². The smallest absolute Gasteiger partial charge is 0.138 e. The van der Waals surface area contributed by atoms with Gasteiger partial charge in [-0.25, -0.2) is 4.98 Å². The van der Waals surface area contributed by atoms with Gasteiger partial charge in [-0.2, -0.15) is 0 Å². The fraction of sp³-hybridized carbons (Fsp3) is 0. The van der Waals surface area contributed by atoms with Crippen molar-refractivity contribution in [3.8, 4) is 0 Å². The summed E-state index contributed by atoms with van der Waals surface area (Å²) in [4.78, 5) is 9.22. The van der Waals surface area contributed by atoms with Crippen molar-refractivity contribution < 1.29 is 0 Å². The van der Waals surface area contributed by atoms with Crippen LogP contribution in [0.15, 0.2) is 66.9 Å². The van der Waals surface area contributed by atoms with Gasteiger partial charge in [0, 0.05) is 5.39 Å². The van der Waals surface area contributed by atoms with Crippen LogP contribution < -0.4 is 0 Å². The summed E-state index contributed by atoms with van der Waals surface area (Å²) in [6.07, 6.45) is 1.86. The molecule has 0 unspecified atom stereocenters. The third-order valence-corrected chi connectivity index (χ3v) is 4.01. The Labute approximate surface area is 120 Å². The third kappa shape index (κ3) is 1.37. The maximum atomic E-state index is 4.72. The van der Waals surface area contributed by atoms with Crippen molar-refractivity contribution in [1.82, 2.24) is 14.4 Å². The zero-order chi connectivity index (χ0) is 13.8. The lowest BCUT2D eigenvalue weighted by Crippen LogP contribution is -1.89. The highest BCUT2D eigenvalue weighted by molar-refractivity contribution is 6.05. The fourth-order valence-corrected chi connectivity index (χ4v) is 3.07. The van der Waals surface area contributed by atoms with Crippen molar-refractivity contribution in [3.05, 3.63) is 66.9 Å². The molecule has 0 aliphatic carbocycles. The SMILES string of the molecule is c1ccc2c(c1)ccc1nc3cnc4ccccc4c3n12. The first kappa shape index (κ1) is 10.8. The second kappa shape index (κ2) is 3.79. The van der Waals surface area contributed by atoms with Gasteiger partial charge in [0.25, 0.3) is 0 Å². The first-order valence-corrected chi connectivity index (χ1v) is 6.95. The molecular formula is C18H11N3. The van der Waals surface area contributed by atoms with Crippen LogP contribution in [0.5, 0.6) is 0 Å². The second-order valence-electron chi connectivity index (χ2n) is 5.21. The lowest BCUT2D eigenvalue weighted by molar-refractivity contribution is 1.30. The molecule has 2 aromatic carbocycles. The summed E-state index contributed by atoms with van der Waals surface area (Å²) in [5.41, 5.74) is 5.20. The monoisotopic (exact) mass is 269 g/mol. The molecule has 5 aromatic rings. The van der Waals surface area contributed by atoms with Crippen LogP contribution in [-0.4, -0.2) is 14.4 Å². The van der Waals surface area contributed by atoms with Gasteiger partial charge in [-0.3, -0.25) is 9.38 Å². The molecule has 3 nitrogen and oxygen atoms in total. The molecule has 3 aromatic heterocycles. The number of hydrogen-bond donors (Lipinski definition) is 0. The number of pyridine rings is 2. The van der Waals surface area contributed by atoms with E-state index >= 15 is 0 Å². The maximum absolute atomic E-state index is 4.72. The molecular weight excluding hydrogens is 258 g/mol. The zero-order valence-electron chi connectivity index (χ0n) is 11.2. The minimum absolute atomic E-state index is 0.935. The summed E-state index contributed by atoms with van der Waals surface area (Å²) in [5, 5.41) is 2.35. The minimum Gasteiger partial charge on any atom is -0.291 e. The average Bonchev–Trinajstić information content (AvgIpc) is 2.94. The molecule has 0 fully saturated rings. The molecule has 21 heavy (non-hydrogen) atoms. The highest BCUT2D eigenvalue weighted by atomic mass is 15.0. The quantitative estimate of drug-likeness (QED) is 0.422. The van der Waals surface area contributed by atoms with Crippen molar-refractivity contribution in [2.75, 3.05) is 0 Å². The molecule has 3 heteroatoms. The van der Waals surface area contributed by atoms with Crippen LogP contribution in [0, 0.1) is 0 Å². The highest BCUT2D eigenvalue weighted by Gasteiger charge is 2.11. The molecule has 3 heterocycles. The van der Waals surface area contributed by atoms with Crippen LogP contribution in [0.1, 0.15) is 0 Å². The van der Waals surface area contributed by atoms with E-state index in [2.05, 4.69) is 51.8 Å². The van der Waals surface area contributed by atoms with Crippen molar-refractivity contribution in [1.29, 1.82) is 0 Å². The largest absolute Gasteiger partial charge is 0.291 e. The Bertz CT molecular complexity index is 1050. The van der Waals surface area contributed by atoms with Gasteiger partial charge in [-0.1, -0.05) is 36.4 Å². The van der Waals surface area contributed by atoms with Crippen LogP contribution >= 0.6 is 0 Å². The van der Waals surface area contributed by atoms with Gasteiger partial charge >= 0.3 is 0 Å². The Morgan fingerprint density at radius 3 is 2.62 bits per heavy atom. The number of fused-ring (bicyclic) bond motifs is 7. The van der Waals surface area contributed by atoms with Gasteiger partial charge in [-0.05, 0) is 29.7 Å². The molecule has 0 N–H and O–H groups in total. The first-order valence-electron chi connectivity index (χ1n) is 6.95. The summed E-state index contributed by atoms with van der Waals surface area (Å²) in [7, 11) is 0. The van der Waals surface area contributed by atoms with Gasteiger partial charge in [0.2, 0.25) is 0 Å². The predicted octanol–water partition coefficient (Wildman–Crippen LogP) is 4.19. The molecule has 0 amide bonds. The molecule has 0 radical (unpaired) electrons. The molecule has 0 bridgehead atoms. The van der Waals surface area contributed by atoms with E-state index in [9.17, 15) is 0 Å². The van der Waals surface area contributed by atoms with Gasteiger partial charge in [0.05, 0.1) is 22.7 Å². The lowest BCUT2D eigenvalue weighted by atomic mass is 10.2. The normalized spacial score (nSPS) is 11.8. The summed E-state index contributed by atoms with van der Waals surface area (Å²) in [5.74, 6) is 0. The van der Waals surface area contributed by atoms with Crippen LogP contribution in [0.3, 0.4) is 0 Å². The van der Waals surface area contributed by atoms with Gasteiger partial charge in [0.15, 0.2) is 0 Å². The average molecular weight is 269 g/mol. The van der Waals surface area contributed by atoms with E-state index in [1.165, 1.54) is 10.9 Å². The molecule has 0 saturated carbocycles. The third-order valence-electron chi connectivity index (χ3n) is 4.01. The van der Waals surface area contributed by atoms with E-state index in [1.54, 1.807) is 0 Å².